The van der Waals surface area contributed by atoms with Gasteiger partial charge >= 0.3 is 0 Å². The molecule has 0 saturated heterocycles. The Kier molecular flexibility index (Phi) is 3.42. The quantitative estimate of drug-likeness (QED) is 0.563. The van der Waals surface area contributed by atoms with Gasteiger partial charge in [0, 0.05) is 10.0 Å². The summed E-state index contributed by atoms with van der Waals surface area (Å²) in [6.45, 7) is 0. The maximum absolute atomic E-state index is 14.1. The lowest BCUT2D eigenvalue weighted by Crippen LogP contribution is -1.91. The summed E-state index contributed by atoms with van der Waals surface area (Å²) in [7, 11) is 0. The van der Waals surface area contributed by atoms with Crippen LogP contribution in [0.15, 0.2) is 28.7 Å². The molecule has 0 aliphatic heterocycles. The maximum Gasteiger partial charge on any atom is 0.160 e. The van der Waals surface area contributed by atoms with E-state index in [9.17, 15) is 4.39 Å². The Morgan fingerprint density at radius 1 is 1.42 bits per heavy atom. The molecule has 96 valence electrons. The van der Waals surface area contributed by atoms with E-state index < -0.39 is 5.82 Å². The summed E-state index contributed by atoms with van der Waals surface area (Å²) in [5, 5.41) is 0.0737. The topological polar surface area (TPSA) is 28.7 Å². The van der Waals surface area contributed by atoms with Crippen LogP contribution in [-0.4, -0.2) is 9.97 Å². The number of nitrogens with one attached hydrogen (secondary N) is 1. The van der Waals surface area contributed by atoms with Gasteiger partial charge in [-0.1, -0.05) is 17.7 Å². The predicted molar refractivity (Wildman–Crippen MR) is 82.9 cm³/mol. The van der Waals surface area contributed by atoms with Crippen molar-refractivity contribution in [2.24, 2.45) is 0 Å². The number of nitrogens with zero attached hydrogens (tertiary/aromatic N) is 1. The van der Waals surface area contributed by atoms with Gasteiger partial charge in [0.15, 0.2) is 9.77 Å². The van der Waals surface area contributed by atoms with E-state index >= 15 is 0 Å². The number of fused-ring (bicyclic) bond motifs is 1. The molecule has 2 aromatic heterocycles. The second-order valence-electron chi connectivity index (χ2n) is 3.78. The third kappa shape index (κ3) is 2.33. The van der Waals surface area contributed by atoms with Crippen molar-refractivity contribution in [3.63, 3.8) is 0 Å². The molecular formula is C12H5BrClFN2S2. The van der Waals surface area contributed by atoms with Gasteiger partial charge in [0.2, 0.25) is 0 Å². The second-order valence-corrected chi connectivity index (χ2v) is 6.76. The SMILES string of the molecule is Fc1c(Cl)cccc1-c1nc2[nH]c(=S)sc2cc1Br. The number of thiazole rings is 1. The highest BCUT2D eigenvalue weighted by Crippen LogP contribution is 2.34. The molecule has 0 fully saturated rings. The zero-order valence-electron chi connectivity index (χ0n) is 9.21. The lowest BCUT2D eigenvalue weighted by atomic mass is 10.1. The molecule has 19 heavy (non-hydrogen) atoms. The van der Waals surface area contributed by atoms with E-state index in [-0.39, 0.29) is 5.02 Å². The first-order valence-corrected chi connectivity index (χ1v) is 7.59. The van der Waals surface area contributed by atoms with Crippen LogP contribution in [0.1, 0.15) is 0 Å². The molecule has 0 spiro atoms. The molecule has 0 aliphatic carbocycles. The maximum atomic E-state index is 14.1. The lowest BCUT2D eigenvalue weighted by Gasteiger charge is -2.06. The molecule has 0 saturated carbocycles. The summed E-state index contributed by atoms with van der Waals surface area (Å²) in [6, 6.07) is 6.70. The summed E-state index contributed by atoms with van der Waals surface area (Å²) < 4.78 is 16.3. The fourth-order valence-corrected chi connectivity index (χ4v) is 3.68. The fraction of sp³-hybridized carbons (Fsp3) is 0. The van der Waals surface area contributed by atoms with Gasteiger partial charge in [-0.25, -0.2) is 9.37 Å². The highest BCUT2D eigenvalue weighted by Gasteiger charge is 2.14. The van der Waals surface area contributed by atoms with Crippen molar-refractivity contribution in [1.82, 2.24) is 9.97 Å². The third-order valence-electron chi connectivity index (χ3n) is 2.57. The first-order valence-electron chi connectivity index (χ1n) is 5.20. The molecule has 0 atom stereocenters. The van der Waals surface area contributed by atoms with Crippen LogP contribution in [-0.2, 0) is 0 Å². The van der Waals surface area contributed by atoms with Crippen molar-refractivity contribution in [1.29, 1.82) is 0 Å². The van der Waals surface area contributed by atoms with Crippen molar-refractivity contribution in [2.45, 2.75) is 0 Å². The Balaban J connectivity index is 2.32. The minimum Gasteiger partial charge on any atom is -0.322 e. The average Bonchev–Trinajstić information content (AvgIpc) is 2.71. The van der Waals surface area contributed by atoms with E-state index in [1.807, 2.05) is 6.07 Å². The molecule has 3 aromatic rings. The minimum atomic E-state index is -0.481. The molecule has 0 bridgehead atoms. The van der Waals surface area contributed by atoms with Crippen LogP contribution in [0.4, 0.5) is 4.39 Å². The van der Waals surface area contributed by atoms with Crippen molar-refractivity contribution in [2.75, 3.05) is 0 Å². The van der Waals surface area contributed by atoms with E-state index in [1.165, 1.54) is 17.4 Å². The highest BCUT2D eigenvalue weighted by atomic mass is 79.9. The summed E-state index contributed by atoms with van der Waals surface area (Å²) in [4.78, 5) is 7.39. The van der Waals surface area contributed by atoms with Crippen LogP contribution in [0.5, 0.6) is 0 Å². The molecule has 1 aromatic carbocycles. The van der Waals surface area contributed by atoms with Gasteiger partial charge in [-0.3, -0.25) is 0 Å². The molecule has 2 heterocycles. The Hall–Kier alpha value is -0.820. The summed E-state index contributed by atoms with van der Waals surface area (Å²) in [6.07, 6.45) is 0. The molecule has 0 radical (unpaired) electrons. The number of hydrogen-bond acceptors (Lipinski definition) is 3. The molecule has 0 aliphatic rings. The van der Waals surface area contributed by atoms with E-state index in [1.54, 1.807) is 12.1 Å². The van der Waals surface area contributed by atoms with Crippen molar-refractivity contribution in [3.05, 3.63) is 43.5 Å². The van der Waals surface area contributed by atoms with E-state index in [4.69, 9.17) is 23.8 Å². The first-order chi connectivity index (χ1) is 9.06. The summed E-state index contributed by atoms with van der Waals surface area (Å²) in [5.74, 6) is -0.481. The molecule has 0 unspecified atom stereocenters. The first kappa shape index (κ1) is 13.2. The second kappa shape index (κ2) is 4.94. The standard InChI is InChI=1S/C12H5BrClFN2S2/c13-6-4-8-11(17-12(18)19-8)16-10(6)5-2-1-3-7(14)9(5)15/h1-4H,(H,16,17,18). The summed E-state index contributed by atoms with van der Waals surface area (Å²) >= 11 is 15.7. The molecular weight excluding hydrogens is 371 g/mol. The number of benzene rings is 1. The number of pyridine rings is 1. The van der Waals surface area contributed by atoms with Gasteiger partial charge in [-0.05, 0) is 46.3 Å². The van der Waals surface area contributed by atoms with E-state index in [0.717, 1.165) is 4.70 Å². The number of halogens is 3. The Labute approximate surface area is 130 Å². The monoisotopic (exact) mass is 374 g/mol. The fourth-order valence-electron chi connectivity index (χ4n) is 1.74. The van der Waals surface area contributed by atoms with Crippen LogP contribution in [0.3, 0.4) is 0 Å². The normalized spacial score (nSPS) is 11.1. The number of aromatic amines is 1. The van der Waals surface area contributed by atoms with Gasteiger partial charge in [-0.2, -0.15) is 0 Å². The van der Waals surface area contributed by atoms with Gasteiger partial charge in [0.25, 0.3) is 0 Å². The molecule has 1 N–H and O–H groups in total. The van der Waals surface area contributed by atoms with Crippen LogP contribution in [0.2, 0.25) is 5.02 Å². The van der Waals surface area contributed by atoms with Gasteiger partial charge in [-0.15, -0.1) is 11.3 Å². The van der Waals surface area contributed by atoms with E-state index in [0.29, 0.717) is 25.3 Å². The Morgan fingerprint density at radius 2 is 2.21 bits per heavy atom. The summed E-state index contributed by atoms with van der Waals surface area (Å²) in [5.41, 5.74) is 1.50. The average molecular weight is 376 g/mol. The van der Waals surface area contributed by atoms with Crippen molar-refractivity contribution < 1.29 is 4.39 Å². The Bertz CT molecular complexity index is 843. The lowest BCUT2D eigenvalue weighted by molar-refractivity contribution is 0.631. The van der Waals surface area contributed by atoms with Crippen molar-refractivity contribution >= 4 is 61.4 Å². The van der Waals surface area contributed by atoms with Crippen molar-refractivity contribution in [3.8, 4) is 11.3 Å². The molecule has 7 heteroatoms. The van der Waals surface area contributed by atoms with Gasteiger partial charge in [0.05, 0.1) is 15.4 Å². The minimum absolute atomic E-state index is 0.0737. The third-order valence-corrected chi connectivity index (χ3v) is 4.64. The number of aromatic nitrogens is 2. The number of rotatable bonds is 1. The van der Waals surface area contributed by atoms with Crippen LogP contribution < -0.4 is 0 Å². The van der Waals surface area contributed by atoms with E-state index in [2.05, 4.69) is 25.9 Å². The Morgan fingerprint density at radius 3 is 3.00 bits per heavy atom. The van der Waals surface area contributed by atoms with Crippen LogP contribution >= 0.6 is 51.1 Å². The molecule has 2 nitrogen and oxygen atoms in total. The van der Waals surface area contributed by atoms with Crippen LogP contribution in [0, 0.1) is 9.77 Å². The number of hydrogen-bond donors (Lipinski definition) is 1. The molecule has 0 amide bonds. The highest BCUT2D eigenvalue weighted by molar-refractivity contribution is 9.10. The molecule has 3 rings (SSSR count). The van der Waals surface area contributed by atoms with Crippen LogP contribution in [0.25, 0.3) is 21.6 Å². The van der Waals surface area contributed by atoms with Gasteiger partial charge in [0.1, 0.15) is 5.65 Å². The largest absolute Gasteiger partial charge is 0.322 e. The predicted octanol–water partition coefficient (Wildman–Crippen LogP) is 5.58. The number of H-pyrrole nitrogens is 1. The zero-order valence-corrected chi connectivity index (χ0v) is 13.2. The smallest absolute Gasteiger partial charge is 0.160 e. The van der Waals surface area contributed by atoms with Gasteiger partial charge < -0.3 is 4.98 Å². The zero-order chi connectivity index (χ0) is 13.6.